The second-order valence-corrected chi connectivity index (χ2v) is 8.60. The number of pyridine rings is 1. The smallest absolute Gasteiger partial charge is 0.416 e. The molecule has 0 aliphatic carbocycles. The molecule has 0 unspecified atom stereocenters. The Balaban J connectivity index is 2.18. The van der Waals surface area contributed by atoms with Crippen molar-refractivity contribution < 1.29 is 9.53 Å². The van der Waals surface area contributed by atoms with Crippen molar-refractivity contribution >= 4 is 11.9 Å². The minimum Gasteiger partial charge on any atom is -0.443 e. The molecule has 5 nitrogen and oxygen atoms in total. The molecular formula is C22H37N3O2. The van der Waals surface area contributed by atoms with Crippen molar-refractivity contribution in [3.05, 3.63) is 23.9 Å². The molecule has 0 N–H and O–H groups in total. The predicted molar refractivity (Wildman–Crippen MR) is 111 cm³/mol. The average Bonchev–Trinajstić information content (AvgIpc) is 3.07. The topological polar surface area (TPSA) is 45.7 Å². The third-order valence-corrected chi connectivity index (χ3v) is 5.19. The maximum absolute atomic E-state index is 12.7. The van der Waals surface area contributed by atoms with Crippen LogP contribution in [0.1, 0.15) is 85.3 Å². The SMILES string of the molecule is CCCCN1CCC[C@@H]1c1ccc(N(C(=O)OC(C)(C)C)[C@H](C)CC)nc1. The van der Waals surface area contributed by atoms with Crippen LogP contribution in [0.4, 0.5) is 10.6 Å². The number of likely N-dealkylation sites (tertiary alicyclic amines) is 1. The molecule has 0 radical (unpaired) electrons. The van der Waals surface area contributed by atoms with Crippen molar-refractivity contribution in [3.8, 4) is 0 Å². The Kier molecular flexibility index (Phi) is 7.66. The lowest BCUT2D eigenvalue weighted by molar-refractivity contribution is 0.0566. The molecule has 0 aromatic carbocycles. The fourth-order valence-corrected chi connectivity index (χ4v) is 3.56. The van der Waals surface area contributed by atoms with E-state index in [1.165, 1.54) is 37.8 Å². The molecule has 0 bridgehead atoms. The van der Waals surface area contributed by atoms with Gasteiger partial charge in [0.25, 0.3) is 0 Å². The van der Waals surface area contributed by atoms with E-state index < -0.39 is 5.60 Å². The van der Waals surface area contributed by atoms with Gasteiger partial charge in [-0.1, -0.05) is 26.3 Å². The van der Waals surface area contributed by atoms with E-state index in [-0.39, 0.29) is 12.1 Å². The van der Waals surface area contributed by atoms with Gasteiger partial charge in [0.2, 0.25) is 0 Å². The molecule has 1 saturated heterocycles. The molecule has 2 heterocycles. The normalized spacial score (nSPS) is 19.1. The minimum absolute atomic E-state index is 0.0331. The number of nitrogens with zero attached hydrogens (tertiary/aromatic N) is 3. The fraction of sp³-hybridized carbons (Fsp3) is 0.727. The van der Waals surface area contributed by atoms with Crippen LogP contribution in [-0.4, -0.2) is 40.7 Å². The van der Waals surface area contributed by atoms with Crippen molar-refractivity contribution in [1.29, 1.82) is 0 Å². The summed E-state index contributed by atoms with van der Waals surface area (Å²) in [4.78, 5) is 21.6. The third kappa shape index (κ3) is 5.93. The Labute approximate surface area is 165 Å². The lowest BCUT2D eigenvalue weighted by atomic mass is 10.1. The number of anilines is 1. The largest absolute Gasteiger partial charge is 0.443 e. The second kappa shape index (κ2) is 9.54. The lowest BCUT2D eigenvalue weighted by Gasteiger charge is -2.31. The number of aromatic nitrogens is 1. The summed E-state index contributed by atoms with van der Waals surface area (Å²) in [5.41, 5.74) is 0.729. The lowest BCUT2D eigenvalue weighted by Crippen LogP contribution is -2.42. The Hall–Kier alpha value is -1.62. The maximum Gasteiger partial charge on any atom is 0.416 e. The molecular weight excluding hydrogens is 338 g/mol. The summed E-state index contributed by atoms with van der Waals surface area (Å²) in [7, 11) is 0. The number of carbonyl (C=O) groups is 1. The number of unbranched alkanes of at least 4 members (excludes halogenated alkanes) is 1. The van der Waals surface area contributed by atoms with Gasteiger partial charge in [-0.2, -0.15) is 0 Å². The number of hydrogen-bond acceptors (Lipinski definition) is 4. The Morgan fingerprint density at radius 2 is 2.11 bits per heavy atom. The highest BCUT2D eigenvalue weighted by Gasteiger charge is 2.29. The molecule has 5 heteroatoms. The molecule has 1 aromatic heterocycles. The summed E-state index contributed by atoms with van der Waals surface area (Å²) in [6, 6.07) is 4.60. The quantitative estimate of drug-likeness (QED) is 0.626. The number of ether oxygens (including phenoxy) is 1. The number of rotatable bonds is 7. The van der Waals surface area contributed by atoms with Crippen LogP contribution in [-0.2, 0) is 4.74 Å². The van der Waals surface area contributed by atoms with Crippen LogP contribution in [0.5, 0.6) is 0 Å². The first-order valence-corrected chi connectivity index (χ1v) is 10.5. The predicted octanol–water partition coefficient (Wildman–Crippen LogP) is 5.56. The Morgan fingerprint density at radius 3 is 2.67 bits per heavy atom. The molecule has 2 atom stereocenters. The molecule has 0 spiro atoms. The summed E-state index contributed by atoms with van der Waals surface area (Å²) < 4.78 is 5.61. The Bertz CT molecular complexity index is 595. The van der Waals surface area contributed by atoms with Gasteiger partial charge in [-0.15, -0.1) is 0 Å². The van der Waals surface area contributed by atoms with Crippen LogP contribution in [0.2, 0.25) is 0 Å². The molecule has 27 heavy (non-hydrogen) atoms. The van der Waals surface area contributed by atoms with E-state index in [9.17, 15) is 4.79 Å². The summed E-state index contributed by atoms with van der Waals surface area (Å²) in [6.45, 7) is 14.3. The zero-order chi connectivity index (χ0) is 20.0. The summed E-state index contributed by atoms with van der Waals surface area (Å²) >= 11 is 0. The van der Waals surface area contributed by atoms with Crippen LogP contribution < -0.4 is 4.90 Å². The van der Waals surface area contributed by atoms with E-state index in [1.54, 1.807) is 4.90 Å². The van der Waals surface area contributed by atoms with Crippen molar-refractivity contribution in [1.82, 2.24) is 9.88 Å². The van der Waals surface area contributed by atoms with Crippen molar-refractivity contribution in [2.45, 2.75) is 91.3 Å². The zero-order valence-electron chi connectivity index (χ0n) is 18.0. The van der Waals surface area contributed by atoms with Gasteiger partial charge in [0, 0.05) is 18.3 Å². The molecule has 1 amide bonds. The average molecular weight is 376 g/mol. The summed E-state index contributed by atoms with van der Waals surface area (Å²) in [6.07, 6.45) is 7.35. The number of amides is 1. The monoisotopic (exact) mass is 375 g/mol. The number of carbonyl (C=O) groups excluding carboxylic acids is 1. The van der Waals surface area contributed by atoms with Crippen LogP contribution in [0, 0.1) is 0 Å². The van der Waals surface area contributed by atoms with Gasteiger partial charge in [0.15, 0.2) is 0 Å². The highest BCUT2D eigenvalue weighted by molar-refractivity contribution is 5.87. The highest BCUT2D eigenvalue weighted by Crippen LogP contribution is 2.32. The van der Waals surface area contributed by atoms with Crippen molar-refractivity contribution in [2.24, 2.45) is 0 Å². The van der Waals surface area contributed by atoms with E-state index in [4.69, 9.17) is 4.74 Å². The first-order valence-electron chi connectivity index (χ1n) is 10.5. The van der Waals surface area contributed by atoms with Crippen LogP contribution >= 0.6 is 0 Å². The molecule has 1 aliphatic rings. The fourth-order valence-electron chi connectivity index (χ4n) is 3.56. The standard InChI is InChI=1S/C22H37N3O2/c1-7-9-14-24-15-10-11-19(24)18-12-13-20(23-16-18)25(17(3)8-2)21(26)27-22(4,5)6/h12-13,16-17,19H,7-11,14-15H2,1-6H3/t17-,19-/m1/s1. The summed E-state index contributed by atoms with van der Waals surface area (Å²) in [5, 5.41) is 0. The molecule has 0 saturated carbocycles. The zero-order valence-corrected chi connectivity index (χ0v) is 18.0. The van der Waals surface area contributed by atoms with Gasteiger partial charge >= 0.3 is 6.09 Å². The van der Waals surface area contributed by atoms with Crippen LogP contribution in [0.25, 0.3) is 0 Å². The van der Waals surface area contributed by atoms with E-state index >= 15 is 0 Å². The van der Waals surface area contributed by atoms with Gasteiger partial charge < -0.3 is 4.74 Å². The van der Waals surface area contributed by atoms with E-state index in [0.29, 0.717) is 11.9 Å². The van der Waals surface area contributed by atoms with Gasteiger partial charge in [0.05, 0.1) is 0 Å². The van der Waals surface area contributed by atoms with E-state index in [2.05, 4.69) is 29.8 Å². The molecule has 1 aromatic rings. The molecule has 1 aliphatic heterocycles. The molecule has 152 valence electrons. The van der Waals surface area contributed by atoms with Crippen molar-refractivity contribution in [3.63, 3.8) is 0 Å². The van der Waals surface area contributed by atoms with E-state index in [0.717, 1.165) is 13.0 Å². The minimum atomic E-state index is -0.521. The van der Waals surface area contributed by atoms with Gasteiger partial charge in [-0.25, -0.2) is 9.78 Å². The van der Waals surface area contributed by atoms with Crippen molar-refractivity contribution in [2.75, 3.05) is 18.0 Å². The van der Waals surface area contributed by atoms with Crippen LogP contribution in [0.15, 0.2) is 18.3 Å². The number of hydrogen-bond donors (Lipinski definition) is 0. The third-order valence-electron chi connectivity index (χ3n) is 5.19. The first kappa shape index (κ1) is 21.7. The van der Waals surface area contributed by atoms with Gasteiger partial charge in [-0.05, 0) is 78.1 Å². The first-order chi connectivity index (χ1) is 12.8. The summed E-state index contributed by atoms with van der Waals surface area (Å²) in [5.74, 6) is 0.667. The van der Waals surface area contributed by atoms with E-state index in [1.807, 2.05) is 40.0 Å². The Morgan fingerprint density at radius 1 is 1.37 bits per heavy atom. The van der Waals surface area contributed by atoms with Gasteiger partial charge in [-0.3, -0.25) is 9.80 Å². The van der Waals surface area contributed by atoms with Gasteiger partial charge in [0.1, 0.15) is 11.4 Å². The molecule has 1 fully saturated rings. The maximum atomic E-state index is 12.7. The van der Waals surface area contributed by atoms with Crippen LogP contribution in [0.3, 0.4) is 0 Å². The second-order valence-electron chi connectivity index (χ2n) is 8.60. The highest BCUT2D eigenvalue weighted by atomic mass is 16.6. The molecule has 2 rings (SSSR count).